The smallest absolute Gasteiger partial charge is 0.407 e. The topological polar surface area (TPSA) is 167 Å². The predicted octanol–water partition coefficient (Wildman–Crippen LogP) is 4.38. The first-order valence-electron chi connectivity index (χ1n) is 18.1. The molecule has 0 unspecified atom stereocenters. The summed E-state index contributed by atoms with van der Waals surface area (Å²) in [5.74, 6) is -0.0682. The van der Waals surface area contributed by atoms with E-state index < -0.39 is 47.9 Å². The fourth-order valence-electron chi connectivity index (χ4n) is 6.75. The van der Waals surface area contributed by atoms with E-state index in [1.807, 2.05) is 37.3 Å². The Morgan fingerprint density at radius 2 is 1.94 bits per heavy atom. The van der Waals surface area contributed by atoms with Crippen LogP contribution in [0, 0.1) is 5.92 Å². The fraction of sp³-hybridized carbons (Fsp3) is 0.429. The van der Waals surface area contributed by atoms with E-state index >= 15 is 0 Å². The average molecular weight is 673 g/mol. The fourth-order valence-corrected chi connectivity index (χ4v) is 6.75. The maximum Gasteiger partial charge on any atom is 0.407 e. The number of nitrogens with zero attached hydrogens (tertiary/aromatic N) is 6. The lowest BCUT2D eigenvalue weighted by molar-refractivity contribution is -0.151. The number of aryl methyl sites for hydroxylation is 1. The molecule has 0 bridgehead atoms. The lowest BCUT2D eigenvalue weighted by Crippen LogP contribution is -2.33. The van der Waals surface area contributed by atoms with E-state index in [0.29, 0.717) is 40.0 Å². The minimum absolute atomic E-state index is 0.0346. The van der Waals surface area contributed by atoms with Gasteiger partial charge in [-0.15, -0.1) is 0 Å². The van der Waals surface area contributed by atoms with Gasteiger partial charge in [0, 0.05) is 34.6 Å². The molecular formula is C35H40N8O6. The molecule has 1 aromatic carbocycles. The van der Waals surface area contributed by atoms with E-state index in [0.717, 1.165) is 5.56 Å². The van der Waals surface area contributed by atoms with Crippen LogP contribution >= 0.6 is 0 Å². The van der Waals surface area contributed by atoms with Gasteiger partial charge in [-0.2, -0.15) is 5.10 Å². The van der Waals surface area contributed by atoms with Gasteiger partial charge in [0.1, 0.15) is 29.5 Å². The van der Waals surface area contributed by atoms with Gasteiger partial charge in [0.15, 0.2) is 11.2 Å². The van der Waals surface area contributed by atoms with Crippen molar-refractivity contribution in [3.8, 4) is 0 Å². The number of hydrogen-bond acceptors (Lipinski definition) is 10. The second-order valence-corrected chi connectivity index (χ2v) is 13.3. The summed E-state index contributed by atoms with van der Waals surface area (Å²) in [5, 5.41) is 22.0. The van der Waals surface area contributed by atoms with Gasteiger partial charge in [-0.3, -0.25) is 9.13 Å². The number of esters is 1. The number of anilines is 2. The number of imidazole rings is 1. The number of alkyl carbamates (subject to hydrolysis) is 1. The van der Waals surface area contributed by atoms with E-state index in [2.05, 4.69) is 20.4 Å². The molecule has 0 spiro atoms. The Hall–Kier alpha value is -5.24. The number of methoxy groups -OCH3 is 1. The molecule has 0 saturated heterocycles. The van der Waals surface area contributed by atoms with Gasteiger partial charge < -0.3 is 25.2 Å². The van der Waals surface area contributed by atoms with Crippen LogP contribution in [0.1, 0.15) is 69.2 Å². The summed E-state index contributed by atoms with van der Waals surface area (Å²) in [5.41, 5.74) is -1.48. The molecule has 4 heterocycles. The van der Waals surface area contributed by atoms with Crippen molar-refractivity contribution in [1.29, 1.82) is 0 Å². The first kappa shape index (κ1) is 27.7. The number of nitrogens with one attached hydrogen (secondary N) is 2. The third-order valence-corrected chi connectivity index (χ3v) is 9.43. The number of aliphatic hydroxyl groups is 1. The van der Waals surface area contributed by atoms with Crippen LogP contribution in [0.3, 0.4) is 0 Å². The number of rotatable bonds is 9. The van der Waals surface area contributed by atoms with Crippen molar-refractivity contribution in [2.45, 2.75) is 76.3 Å². The molecule has 256 valence electrons. The molecule has 2 aliphatic rings. The van der Waals surface area contributed by atoms with Gasteiger partial charge in [0.2, 0.25) is 0 Å². The average Bonchev–Trinajstić information content (AvgIpc) is 3.34. The quantitative estimate of drug-likeness (QED) is 0.191. The molecular weight excluding hydrogens is 628 g/mol. The zero-order valence-corrected chi connectivity index (χ0v) is 27.6. The van der Waals surface area contributed by atoms with Crippen molar-refractivity contribution in [3.63, 3.8) is 0 Å². The zero-order valence-electron chi connectivity index (χ0n) is 31.6. The standard InChI is InChI=1S/C35H40N8O6/c1-20-17-35(20,31(44)49-19-21-9-7-6-8-10-21)43-30-24(29(40-43)34(2,3)47)13-14-27(39-30)38-28-16-25-26(18-36-28)41(4)33(46)42(25)23-12-11-22(15-23)37-32(45)48-5/h6-10,13-14,16,18,20,22-23,47H,11-12,15,17,19H2,1-5H3,(H,37,45)(H,36,38,39)/t20-,22+,23+,35-/m0/s1/i4D3,22D. The Kier molecular flexibility index (Phi) is 6.79. The molecule has 4 aromatic heterocycles. The summed E-state index contributed by atoms with van der Waals surface area (Å²) >= 11 is 0. The molecule has 0 aliphatic heterocycles. The molecule has 7 rings (SSSR count). The molecule has 5 aromatic rings. The van der Waals surface area contributed by atoms with Crippen LogP contribution in [-0.4, -0.2) is 59.2 Å². The summed E-state index contributed by atoms with van der Waals surface area (Å²) in [4.78, 5) is 48.7. The molecule has 2 aliphatic carbocycles. The summed E-state index contributed by atoms with van der Waals surface area (Å²) in [6, 6.07) is 12.2. The van der Waals surface area contributed by atoms with Crippen molar-refractivity contribution in [3.05, 3.63) is 76.5 Å². The maximum atomic E-state index is 13.8. The Balaban J connectivity index is 1.26. The number of pyridine rings is 2. The SMILES string of the molecule is [2H]C([2H])([2H])n1c(=O)n([C@@H]2CC[C@@]([2H])(NC(=O)OC)C2)c2cc(Nc3ccc4c(C(C)(C)O)nn([C@@]5(C(=O)OCc6ccccc6)C[C@@H]5C)c4n3)ncc21. The normalized spacial score (nSPS) is 24.9. The highest BCUT2D eigenvalue weighted by Gasteiger charge is 2.62. The molecule has 14 nitrogen and oxygen atoms in total. The van der Waals surface area contributed by atoms with E-state index in [1.54, 1.807) is 30.7 Å². The number of benzene rings is 1. The number of ether oxygens (including phenoxy) is 2. The van der Waals surface area contributed by atoms with E-state index in [1.165, 1.54) is 23.9 Å². The van der Waals surface area contributed by atoms with Gasteiger partial charge in [0.25, 0.3) is 0 Å². The Labute approximate surface area is 287 Å². The summed E-state index contributed by atoms with van der Waals surface area (Å²) in [7, 11) is 1.19. The molecule has 4 atom stereocenters. The monoisotopic (exact) mass is 672 g/mol. The largest absolute Gasteiger partial charge is 0.459 e. The third-order valence-electron chi connectivity index (χ3n) is 9.43. The number of hydrogen-bond donors (Lipinski definition) is 3. The second-order valence-electron chi connectivity index (χ2n) is 13.3. The van der Waals surface area contributed by atoms with Crippen LogP contribution in [0.5, 0.6) is 0 Å². The van der Waals surface area contributed by atoms with Crippen LogP contribution in [0.2, 0.25) is 0 Å². The van der Waals surface area contributed by atoms with Crippen LogP contribution in [0.15, 0.2) is 59.5 Å². The van der Waals surface area contributed by atoms with Gasteiger partial charge in [-0.1, -0.05) is 37.3 Å². The number of amides is 1. The Bertz CT molecular complexity index is 2300. The number of carbonyl (C=O) groups is 2. The van der Waals surface area contributed by atoms with Crippen LogP contribution in [-0.2, 0) is 39.0 Å². The zero-order chi connectivity index (χ0) is 38.1. The third kappa shape index (κ3) is 5.69. The summed E-state index contributed by atoms with van der Waals surface area (Å²) < 4.78 is 47.0. The molecule has 0 radical (unpaired) electrons. The van der Waals surface area contributed by atoms with Gasteiger partial charge in [-0.05, 0) is 63.1 Å². The highest BCUT2D eigenvalue weighted by molar-refractivity contribution is 5.88. The number of carbonyl (C=O) groups excluding carboxylic acids is 2. The van der Waals surface area contributed by atoms with Gasteiger partial charge >= 0.3 is 17.8 Å². The number of aromatic nitrogens is 6. The van der Waals surface area contributed by atoms with E-state index in [9.17, 15) is 19.5 Å². The molecule has 1 amide bonds. The van der Waals surface area contributed by atoms with Crippen LogP contribution in [0.4, 0.5) is 16.4 Å². The first-order valence-corrected chi connectivity index (χ1v) is 16.1. The van der Waals surface area contributed by atoms with Crippen molar-refractivity contribution < 1.29 is 29.7 Å². The molecule has 14 heteroatoms. The van der Waals surface area contributed by atoms with Gasteiger partial charge in [-0.25, -0.2) is 29.0 Å². The minimum Gasteiger partial charge on any atom is -0.459 e. The van der Waals surface area contributed by atoms with Gasteiger partial charge in [0.05, 0.1) is 25.7 Å². The second kappa shape index (κ2) is 12.0. The lowest BCUT2D eigenvalue weighted by atomic mass is 10.0. The highest BCUT2D eigenvalue weighted by atomic mass is 16.5. The van der Waals surface area contributed by atoms with Crippen molar-refractivity contribution in [2.24, 2.45) is 12.9 Å². The predicted molar refractivity (Wildman–Crippen MR) is 181 cm³/mol. The van der Waals surface area contributed by atoms with Crippen LogP contribution < -0.4 is 16.3 Å². The molecule has 2 saturated carbocycles. The maximum absolute atomic E-state index is 13.8. The Morgan fingerprint density at radius 3 is 2.63 bits per heavy atom. The Morgan fingerprint density at radius 1 is 1.16 bits per heavy atom. The summed E-state index contributed by atoms with van der Waals surface area (Å²) in [6.07, 6.45) is 1.52. The van der Waals surface area contributed by atoms with Crippen molar-refractivity contribution in [2.75, 3.05) is 12.4 Å². The van der Waals surface area contributed by atoms with Crippen molar-refractivity contribution in [1.82, 2.24) is 34.2 Å². The van der Waals surface area contributed by atoms with Crippen LogP contribution in [0.25, 0.3) is 22.1 Å². The minimum atomic E-state index is -2.82. The van der Waals surface area contributed by atoms with E-state index in [-0.39, 0.29) is 42.2 Å². The lowest BCUT2D eigenvalue weighted by Gasteiger charge is -2.18. The number of fused-ring (bicyclic) bond motifs is 2. The van der Waals surface area contributed by atoms with Crippen molar-refractivity contribution >= 4 is 45.8 Å². The molecule has 49 heavy (non-hydrogen) atoms. The highest BCUT2D eigenvalue weighted by Crippen LogP contribution is 2.52. The summed E-state index contributed by atoms with van der Waals surface area (Å²) in [6.45, 7) is 2.40. The first-order chi connectivity index (χ1) is 24.9. The molecule has 2 fully saturated rings. The molecule has 3 N–H and O–H groups in total. The van der Waals surface area contributed by atoms with E-state index in [4.69, 9.17) is 20.3 Å².